The zero-order chi connectivity index (χ0) is 10.4. The molecule has 0 amide bonds. The van der Waals surface area contributed by atoms with Crippen LogP contribution in [0.25, 0.3) is 0 Å². The fourth-order valence-corrected chi connectivity index (χ4v) is 4.30. The summed E-state index contributed by atoms with van der Waals surface area (Å²) in [6.45, 7) is 7.71. The number of hydrogen-bond acceptors (Lipinski definition) is 1. The lowest BCUT2D eigenvalue weighted by Crippen LogP contribution is -2.38. The second-order valence-corrected chi connectivity index (χ2v) is 6.54. The largest absolute Gasteiger partial charge is 0.396 e. The maximum atomic E-state index is 9.30. The van der Waals surface area contributed by atoms with E-state index < -0.39 is 0 Å². The summed E-state index contributed by atoms with van der Waals surface area (Å²) in [4.78, 5) is 0. The SMILES string of the molecule is CC1(C)CCCC2(C)CC(CO)CC12. The monoisotopic (exact) mass is 196 g/mol. The highest BCUT2D eigenvalue weighted by Gasteiger charge is 2.51. The van der Waals surface area contributed by atoms with Crippen molar-refractivity contribution < 1.29 is 5.11 Å². The third-order valence-electron chi connectivity index (χ3n) is 4.94. The molecular formula is C13H24O. The van der Waals surface area contributed by atoms with Crippen molar-refractivity contribution in [2.45, 2.75) is 52.9 Å². The topological polar surface area (TPSA) is 20.2 Å². The second kappa shape index (κ2) is 3.23. The molecule has 0 spiro atoms. The summed E-state index contributed by atoms with van der Waals surface area (Å²) in [5.74, 6) is 1.43. The number of rotatable bonds is 1. The fraction of sp³-hybridized carbons (Fsp3) is 1.00. The molecule has 2 fully saturated rings. The maximum absolute atomic E-state index is 9.30. The van der Waals surface area contributed by atoms with E-state index in [4.69, 9.17) is 0 Å². The van der Waals surface area contributed by atoms with Crippen molar-refractivity contribution in [3.8, 4) is 0 Å². The molecule has 82 valence electrons. The molecule has 0 bridgehead atoms. The van der Waals surface area contributed by atoms with Gasteiger partial charge in [0, 0.05) is 6.61 Å². The van der Waals surface area contributed by atoms with Gasteiger partial charge in [-0.1, -0.05) is 27.2 Å². The van der Waals surface area contributed by atoms with Gasteiger partial charge in [-0.2, -0.15) is 0 Å². The molecule has 0 aromatic rings. The molecule has 0 aliphatic heterocycles. The van der Waals surface area contributed by atoms with Crippen molar-refractivity contribution in [3.05, 3.63) is 0 Å². The zero-order valence-corrected chi connectivity index (χ0v) is 9.84. The third kappa shape index (κ3) is 1.50. The van der Waals surface area contributed by atoms with E-state index in [0.717, 1.165) is 5.92 Å². The van der Waals surface area contributed by atoms with Gasteiger partial charge in [0.15, 0.2) is 0 Å². The first-order valence-electron chi connectivity index (χ1n) is 6.09. The first-order chi connectivity index (χ1) is 6.48. The average molecular weight is 196 g/mol. The first kappa shape index (κ1) is 10.5. The van der Waals surface area contributed by atoms with Crippen LogP contribution in [0.5, 0.6) is 0 Å². The maximum Gasteiger partial charge on any atom is 0.0459 e. The lowest BCUT2D eigenvalue weighted by atomic mass is 9.58. The standard InChI is InChI=1S/C13H24O/c1-12(2)5-4-6-13(3)8-10(9-14)7-11(12)13/h10-11,14H,4-9H2,1-3H3. The summed E-state index contributed by atoms with van der Waals surface area (Å²) in [6.07, 6.45) is 6.68. The molecule has 3 atom stereocenters. The van der Waals surface area contributed by atoms with Crippen LogP contribution in [-0.4, -0.2) is 11.7 Å². The van der Waals surface area contributed by atoms with Gasteiger partial charge in [-0.3, -0.25) is 0 Å². The molecule has 2 saturated carbocycles. The van der Waals surface area contributed by atoms with E-state index in [9.17, 15) is 5.11 Å². The van der Waals surface area contributed by atoms with E-state index in [2.05, 4.69) is 20.8 Å². The van der Waals surface area contributed by atoms with E-state index in [0.29, 0.717) is 23.4 Å². The molecule has 0 aromatic heterocycles. The molecule has 2 aliphatic carbocycles. The Hall–Kier alpha value is -0.0400. The van der Waals surface area contributed by atoms with Gasteiger partial charge in [0.25, 0.3) is 0 Å². The Labute approximate surface area is 87.9 Å². The quantitative estimate of drug-likeness (QED) is 0.682. The normalized spacial score (nSPS) is 46.3. The Balaban J connectivity index is 2.20. The average Bonchev–Trinajstić information content (AvgIpc) is 2.43. The smallest absolute Gasteiger partial charge is 0.0459 e. The van der Waals surface area contributed by atoms with Crippen LogP contribution in [0, 0.1) is 22.7 Å². The van der Waals surface area contributed by atoms with E-state index in [1.165, 1.54) is 32.1 Å². The van der Waals surface area contributed by atoms with Crippen LogP contribution in [0.4, 0.5) is 0 Å². The number of hydrogen-bond donors (Lipinski definition) is 1. The minimum Gasteiger partial charge on any atom is -0.396 e. The predicted octanol–water partition coefficient (Wildman–Crippen LogP) is 3.22. The van der Waals surface area contributed by atoms with Gasteiger partial charge in [0.1, 0.15) is 0 Å². The molecule has 2 aliphatic rings. The Morgan fingerprint density at radius 1 is 1.21 bits per heavy atom. The Kier molecular flexibility index (Phi) is 2.42. The first-order valence-corrected chi connectivity index (χ1v) is 6.09. The Morgan fingerprint density at radius 3 is 2.50 bits per heavy atom. The van der Waals surface area contributed by atoms with E-state index in [1.54, 1.807) is 0 Å². The van der Waals surface area contributed by atoms with Gasteiger partial charge < -0.3 is 5.11 Å². The van der Waals surface area contributed by atoms with Crippen molar-refractivity contribution in [3.63, 3.8) is 0 Å². The minimum atomic E-state index is 0.405. The molecule has 1 N–H and O–H groups in total. The molecule has 14 heavy (non-hydrogen) atoms. The van der Waals surface area contributed by atoms with Gasteiger partial charge in [0.05, 0.1) is 0 Å². The summed E-state index contributed by atoms with van der Waals surface area (Å²) in [5.41, 5.74) is 1.05. The molecule has 2 rings (SSSR count). The van der Waals surface area contributed by atoms with Crippen LogP contribution in [-0.2, 0) is 0 Å². The molecule has 3 unspecified atom stereocenters. The van der Waals surface area contributed by atoms with Crippen molar-refractivity contribution in [2.24, 2.45) is 22.7 Å². The predicted molar refractivity (Wildman–Crippen MR) is 59.0 cm³/mol. The molecule has 1 nitrogen and oxygen atoms in total. The van der Waals surface area contributed by atoms with Crippen LogP contribution in [0.3, 0.4) is 0 Å². The number of aliphatic hydroxyl groups is 1. The lowest BCUT2D eigenvalue weighted by Gasteiger charge is -2.47. The van der Waals surface area contributed by atoms with E-state index in [-0.39, 0.29) is 0 Å². The van der Waals surface area contributed by atoms with Gasteiger partial charge >= 0.3 is 0 Å². The van der Waals surface area contributed by atoms with E-state index in [1.807, 2.05) is 0 Å². The van der Waals surface area contributed by atoms with Gasteiger partial charge in [0.2, 0.25) is 0 Å². The molecule has 0 radical (unpaired) electrons. The highest BCUT2D eigenvalue weighted by atomic mass is 16.3. The van der Waals surface area contributed by atoms with Gasteiger partial charge in [-0.05, 0) is 48.3 Å². The molecule has 0 saturated heterocycles. The summed E-state index contributed by atoms with van der Waals surface area (Å²) in [7, 11) is 0. The summed E-state index contributed by atoms with van der Waals surface area (Å²) < 4.78 is 0. The molecule has 1 heteroatoms. The molecule has 0 aromatic carbocycles. The Bertz CT molecular complexity index is 221. The van der Waals surface area contributed by atoms with Gasteiger partial charge in [-0.15, -0.1) is 0 Å². The van der Waals surface area contributed by atoms with Crippen molar-refractivity contribution in [1.82, 2.24) is 0 Å². The van der Waals surface area contributed by atoms with Crippen molar-refractivity contribution in [1.29, 1.82) is 0 Å². The Morgan fingerprint density at radius 2 is 1.93 bits per heavy atom. The van der Waals surface area contributed by atoms with E-state index >= 15 is 0 Å². The summed E-state index contributed by atoms with van der Waals surface area (Å²) in [5, 5.41) is 9.30. The van der Waals surface area contributed by atoms with Crippen LogP contribution in [0.15, 0.2) is 0 Å². The minimum absolute atomic E-state index is 0.405. The van der Waals surface area contributed by atoms with Crippen LogP contribution < -0.4 is 0 Å². The highest BCUT2D eigenvalue weighted by Crippen LogP contribution is 2.60. The van der Waals surface area contributed by atoms with Gasteiger partial charge in [-0.25, -0.2) is 0 Å². The third-order valence-corrected chi connectivity index (χ3v) is 4.94. The van der Waals surface area contributed by atoms with Crippen LogP contribution in [0.1, 0.15) is 52.9 Å². The molecular weight excluding hydrogens is 172 g/mol. The summed E-state index contributed by atoms with van der Waals surface area (Å²) in [6, 6.07) is 0. The second-order valence-electron chi connectivity index (χ2n) is 6.54. The zero-order valence-electron chi connectivity index (χ0n) is 9.84. The molecule has 0 heterocycles. The fourth-order valence-electron chi connectivity index (χ4n) is 4.30. The van der Waals surface area contributed by atoms with Crippen molar-refractivity contribution >= 4 is 0 Å². The van der Waals surface area contributed by atoms with Crippen molar-refractivity contribution in [2.75, 3.05) is 6.61 Å². The summed E-state index contributed by atoms with van der Waals surface area (Å²) >= 11 is 0. The highest BCUT2D eigenvalue weighted by molar-refractivity contribution is 5.01. The number of aliphatic hydroxyl groups excluding tert-OH is 1. The van der Waals surface area contributed by atoms with Crippen LogP contribution in [0.2, 0.25) is 0 Å². The number of fused-ring (bicyclic) bond motifs is 1. The lowest BCUT2D eigenvalue weighted by molar-refractivity contribution is 0.0286. The van der Waals surface area contributed by atoms with Crippen LogP contribution >= 0.6 is 0 Å².